The Kier molecular flexibility index (Phi) is 4.54. The van der Waals surface area contributed by atoms with Crippen molar-refractivity contribution >= 4 is 0 Å². The van der Waals surface area contributed by atoms with Crippen molar-refractivity contribution in [3.8, 4) is 0 Å². The topological polar surface area (TPSA) is 38.0 Å². The molecule has 0 bridgehead atoms. The van der Waals surface area contributed by atoms with Crippen molar-refractivity contribution in [2.75, 3.05) is 0 Å². The summed E-state index contributed by atoms with van der Waals surface area (Å²) in [4.78, 5) is 3.94. The van der Waals surface area contributed by atoms with E-state index in [1.54, 1.807) is 12.5 Å². The second kappa shape index (κ2) is 5.75. The maximum Gasteiger partial charge on any atom is 0.0945 e. The van der Waals surface area contributed by atoms with Gasteiger partial charge in [-0.3, -0.25) is 0 Å². The van der Waals surface area contributed by atoms with Crippen LogP contribution in [0.3, 0.4) is 0 Å². The van der Waals surface area contributed by atoms with Crippen LogP contribution in [0.15, 0.2) is 18.7 Å². The molecule has 13 heavy (non-hydrogen) atoms. The number of hydrogen-bond acceptors (Lipinski definition) is 2. The second-order valence-corrected chi connectivity index (χ2v) is 3.39. The Morgan fingerprint density at radius 2 is 2.31 bits per heavy atom. The molecule has 3 heteroatoms. The van der Waals surface area contributed by atoms with Gasteiger partial charge in [0, 0.05) is 18.9 Å². The van der Waals surface area contributed by atoms with E-state index < -0.39 is 0 Å². The van der Waals surface area contributed by atoms with Crippen LogP contribution in [-0.2, 0) is 6.54 Å². The molecule has 3 nitrogen and oxygen atoms in total. The van der Waals surface area contributed by atoms with Crippen LogP contribution in [0.4, 0.5) is 0 Å². The van der Waals surface area contributed by atoms with Gasteiger partial charge in [0.25, 0.3) is 0 Å². The first-order chi connectivity index (χ1) is 6.33. The lowest BCUT2D eigenvalue weighted by atomic mass is 10.1. The normalized spacial score (nSPS) is 13.1. The quantitative estimate of drug-likeness (QED) is 0.728. The van der Waals surface area contributed by atoms with Gasteiger partial charge in [-0.1, -0.05) is 19.8 Å². The Morgan fingerprint density at radius 1 is 1.46 bits per heavy atom. The molecule has 1 aromatic heterocycles. The van der Waals surface area contributed by atoms with Crippen molar-refractivity contribution in [2.45, 2.75) is 45.3 Å². The molecule has 0 unspecified atom stereocenters. The summed E-state index contributed by atoms with van der Waals surface area (Å²) in [6.45, 7) is 3.01. The highest BCUT2D eigenvalue weighted by Crippen LogP contribution is 2.05. The molecule has 1 atom stereocenters. The fraction of sp³-hybridized carbons (Fsp3) is 0.700. The van der Waals surface area contributed by atoms with E-state index in [2.05, 4.69) is 11.9 Å². The summed E-state index contributed by atoms with van der Waals surface area (Å²) in [5.74, 6) is 0. The minimum absolute atomic E-state index is 0.151. The maximum atomic E-state index is 9.55. The van der Waals surface area contributed by atoms with Gasteiger partial charge in [0.1, 0.15) is 0 Å². The van der Waals surface area contributed by atoms with Crippen LogP contribution in [-0.4, -0.2) is 20.8 Å². The number of aryl methyl sites for hydroxylation is 1. The number of aromatic nitrogens is 2. The summed E-state index contributed by atoms with van der Waals surface area (Å²) in [5, 5.41) is 9.55. The van der Waals surface area contributed by atoms with E-state index >= 15 is 0 Å². The van der Waals surface area contributed by atoms with Gasteiger partial charge >= 0.3 is 0 Å². The highest BCUT2D eigenvalue weighted by atomic mass is 16.3. The summed E-state index contributed by atoms with van der Waals surface area (Å²) in [5.41, 5.74) is 0. The van der Waals surface area contributed by atoms with Gasteiger partial charge in [-0.15, -0.1) is 0 Å². The molecule has 0 aliphatic heterocycles. The molecule has 0 spiro atoms. The van der Waals surface area contributed by atoms with Crippen LogP contribution < -0.4 is 0 Å². The van der Waals surface area contributed by atoms with Crippen molar-refractivity contribution in [1.82, 2.24) is 9.55 Å². The van der Waals surface area contributed by atoms with E-state index in [0.29, 0.717) is 0 Å². The number of aliphatic hydroxyl groups excluding tert-OH is 1. The lowest BCUT2D eigenvalue weighted by Gasteiger charge is -2.09. The first kappa shape index (κ1) is 10.3. The molecule has 0 aliphatic carbocycles. The van der Waals surface area contributed by atoms with Crippen LogP contribution in [0.5, 0.6) is 0 Å². The highest BCUT2D eigenvalue weighted by Gasteiger charge is 2.02. The standard InChI is InChI=1S/C10H18N2O/c1-2-3-4-10(13)5-7-12-8-6-11-9-12/h6,8-10,13H,2-5,7H2,1H3/t10-/m1/s1. The second-order valence-electron chi connectivity index (χ2n) is 3.39. The van der Waals surface area contributed by atoms with Crippen molar-refractivity contribution < 1.29 is 5.11 Å². The molecule has 0 saturated carbocycles. The summed E-state index contributed by atoms with van der Waals surface area (Å²) >= 11 is 0. The Labute approximate surface area is 79.4 Å². The molecular formula is C10H18N2O. The van der Waals surface area contributed by atoms with Crippen LogP contribution >= 0.6 is 0 Å². The number of unbranched alkanes of at least 4 members (excludes halogenated alkanes) is 1. The lowest BCUT2D eigenvalue weighted by molar-refractivity contribution is 0.146. The molecule has 0 saturated heterocycles. The van der Waals surface area contributed by atoms with E-state index in [9.17, 15) is 5.11 Å². The number of imidazole rings is 1. The Bertz CT molecular complexity index is 209. The maximum absolute atomic E-state index is 9.55. The number of aliphatic hydroxyl groups is 1. The first-order valence-electron chi connectivity index (χ1n) is 4.96. The number of hydrogen-bond donors (Lipinski definition) is 1. The summed E-state index contributed by atoms with van der Waals surface area (Å²) in [7, 11) is 0. The Morgan fingerprint density at radius 3 is 2.92 bits per heavy atom. The molecule has 0 fully saturated rings. The smallest absolute Gasteiger partial charge is 0.0945 e. The zero-order chi connectivity index (χ0) is 9.52. The van der Waals surface area contributed by atoms with Crippen LogP contribution in [0, 0.1) is 0 Å². The number of nitrogens with zero attached hydrogens (tertiary/aromatic N) is 2. The van der Waals surface area contributed by atoms with Crippen molar-refractivity contribution in [3.05, 3.63) is 18.7 Å². The average molecular weight is 182 g/mol. The fourth-order valence-electron chi connectivity index (χ4n) is 1.30. The SMILES string of the molecule is CCCC[C@@H](O)CCn1ccnc1. The van der Waals surface area contributed by atoms with E-state index in [-0.39, 0.29) is 6.10 Å². The highest BCUT2D eigenvalue weighted by molar-refractivity contribution is 4.74. The Hall–Kier alpha value is -0.830. The third-order valence-electron chi connectivity index (χ3n) is 2.17. The van der Waals surface area contributed by atoms with Crippen molar-refractivity contribution in [2.24, 2.45) is 0 Å². The van der Waals surface area contributed by atoms with Gasteiger partial charge < -0.3 is 9.67 Å². The lowest BCUT2D eigenvalue weighted by Crippen LogP contribution is -2.10. The molecule has 0 radical (unpaired) electrons. The third-order valence-corrected chi connectivity index (χ3v) is 2.17. The molecule has 0 amide bonds. The third kappa shape index (κ3) is 4.08. The molecular weight excluding hydrogens is 164 g/mol. The minimum atomic E-state index is -0.151. The zero-order valence-electron chi connectivity index (χ0n) is 8.19. The average Bonchev–Trinajstić information content (AvgIpc) is 2.64. The number of rotatable bonds is 6. The zero-order valence-corrected chi connectivity index (χ0v) is 8.19. The van der Waals surface area contributed by atoms with Gasteiger partial charge in [0.05, 0.1) is 12.4 Å². The van der Waals surface area contributed by atoms with Crippen molar-refractivity contribution in [1.29, 1.82) is 0 Å². The largest absolute Gasteiger partial charge is 0.393 e. The van der Waals surface area contributed by atoms with Crippen LogP contribution in [0.2, 0.25) is 0 Å². The molecule has 0 aromatic carbocycles. The van der Waals surface area contributed by atoms with Gasteiger partial charge in [-0.2, -0.15) is 0 Å². The van der Waals surface area contributed by atoms with E-state index in [4.69, 9.17) is 0 Å². The fourth-order valence-corrected chi connectivity index (χ4v) is 1.30. The Balaban J connectivity index is 2.11. The minimum Gasteiger partial charge on any atom is -0.393 e. The summed E-state index contributed by atoms with van der Waals surface area (Å²) < 4.78 is 2.00. The van der Waals surface area contributed by atoms with Gasteiger partial charge in [-0.05, 0) is 12.8 Å². The van der Waals surface area contributed by atoms with Crippen LogP contribution in [0.1, 0.15) is 32.6 Å². The molecule has 1 rings (SSSR count). The monoisotopic (exact) mass is 182 g/mol. The van der Waals surface area contributed by atoms with E-state index in [1.807, 2.05) is 10.8 Å². The molecule has 1 aromatic rings. The molecule has 1 N–H and O–H groups in total. The first-order valence-corrected chi connectivity index (χ1v) is 4.96. The predicted molar refractivity (Wildman–Crippen MR) is 52.4 cm³/mol. The van der Waals surface area contributed by atoms with Crippen LogP contribution in [0.25, 0.3) is 0 Å². The summed E-state index contributed by atoms with van der Waals surface area (Å²) in [6.07, 6.45) is 9.34. The molecule has 1 heterocycles. The van der Waals surface area contributed by atoms with E-state index in [1.165, 1.54) is 0 Å². The molecule has 0 aliphatic rings. The van der Waals surface area contributed by atoms with Gasteiger partial charge in [0.15, 0.2) is 0 Å². The van der Waals surface area contributed by atoms with Gasteiger partial charge in [0.2, 0.25) is 0 Å². The molecule has 74 valence electrons. The van der Waals surface area contributed by atoms with Gasteiger partial charge in [-0.25, -0.2) is 4.98 Å². The van der Waals surface area contributed by atoms with E-state index in [0.717, 1.165) is 32.2 Å². The summed E-state index contributed by atoms with van der Waals surface area (Å²) in [6, 6.07) is 0. The predicted octanol–water partition coefficient (Wildman–Crippen LogP) is 1.82. The van der Waals surface area contributed by atoms with Crippen molar-refractivity contribution in [3.63, 3.8) is 0 Å².